The summed E-state index contributed by atoms with van der Waals surface area (Å²) in [5.74, 6) is 0.983. The minimum Gasteiger partial charge on any atom is -0.497 e. The minimum absolute atomic E-state index is 0.0859. The first-order valence-corrected chi connectivity index (χ1v) is 8.95. The van der Waals surface area contributed by atoms with E-state index in [1.807, 2.05) is 17.0 Å². The van der Waals surface area contributed by atoms with Gasteiger partial charge >= 0.3 is 0 Å². The minimum atomic E-state index is -0.128. The topological polar surface area (TPSA) is 53.1 Å². The first kappa shape index (κ1) is 17.7. The van der Waals surface area contributed by atoms with Gasteiger partial charge in [0.1, 0.15) is 5.75 Å². The van der Waals surface area contributed by atoms with Crippen molar-refractivity contribution in [3.63, 3.8) is 0 Å². The molecule has 1 unspecified atom stereocenters. The third kappa shape index (κ3) is 4.31. The Hall–Kier alpha value is -2.08. The molecular weight excluding hydrogens is 318 g/mol. The first-order chi connectivity index (χ1) is 12.1. The predicted molar refractivity (Wildman–Crippen MR) is 95.2 cm³/mol. The van der Waals surface area contributed by atoms with E-state index in [-0.39, 0.29) is 17.7 Å². The number of piperidine rings is 1. The van der Waals surface area contributed by atoms with Gasteiger partial charge in [-0.3, -0.25) is 14.5 Å². The summed E-state index contributed by atoms with van der Waals surface area (Å²) in [5, 5.41) is 0. The van der Waals surface area contributed by atoms with Gasteiger partial charge in [0.25, 0.3) is 0 Å². The Labute approximate surface area is 149 Å². The van der Waals surface area contributed by atoms with Crippen LogP contribution in [0.25, 0.3) is 0 Å². The molecule has 2 aliphatic heterocycles. The van der Waals surface area contributed by atoms with E-state index in [1.165, 1.54) is 5.56 Å². The van der Waals surface area contributed by atoms with Crippen LogP contribution in [0.15, 0.2) is 24.3 Å². The van der Waals surface area contributed by atoms with Gasteiger partial charge in [-0.15, -0.1) is 0 Å². The van der Waals surface area contributed by atoms with E-state index < -0.39 is 0 Å². The Morgan fingerprint density at radius 2 is 1.80 bits per heavy atom. The Kier molecular flexibility index (Phi) is 5.58. The molecule has 0 aliphatic carbocycles. The number of benzene rings is 1. The summed E-state index contributed by atoms with van der Waals surface area (Å²) in [6.45, 7) is 4.81. The fraction of sp³-hybridized carbons (Fsp3) is 0.579. The van der Waals surface area contributed by atoms with Crippen molar-refractivity contribution in [3.8, 4) is 5.75 Å². The maximum Gasteiger partial charge on any atom is 0.226 e. The Morgan fingerprint density at radius 3 is 2.40 bits per heavy atom. The van der Waals surface area contributed by atoms with Gasteiger partial charge in [0, 0.05) is 58.7 Å². The number of carbonyl (C=O) groups excluding carboxylic acids is 2. The molecule has 6 heteroatoms. The molecule has 1 atom stereocenters. The van der Waals surface area contributed by atoms with Gasteiger partial charge in [0.15, 0.2) is 0 Å². The molecule has 6 nitrogen and oxygen atoms in total. The van der Waals surface area contributed by atoms with Crippen LogP contribution in [0.5, 0.6) is 5.75 Å². The molecule has 2 fully saturated rings. The van der Waals surface area contributed by atoms with Gasteiger partial charge in [-0.1, -0.05) is 12.1 Å². The highest BCUT2D eigenvalue weighted by atomic mass is 16.5. The number of methoxy groups -OCH3 is 1. The SMILES string of the molecule is COc1ccc(CN2CCN(C(=O)C3CCN(C)C(=O)C3)CC2)cc1. The van der Waals surface area contributed by atoms with Crippen LogP contribution in [0.3, 0.4) is 0 Å². The molecule has 1 aromatic carbocycles. The van der Waals surface area contributed by atoms with Crippen LogP contribution in [0.4, 0.5) is 0 Å². The molecule has 0 aromatic heterocycles. The number of hydrogen-bond donors (Lipinski definition) is 0. The normalized spacial score (nSPS) is 22.2. The van der Waals surface area contributed by atoms with Crippen LogP contribution in [-0.4, -0.2) is 73.4 Å². The first-order valence-electron chi connectivity index (χ1n) is 8.95. The summed E-state index contributed by atoms with van der Waals surface area (Å²) >= 11 is 0. The average molecular weight is 345 g/mol. The molecule has 0 spiro atoms. The molecule has 2 heterocycles. The maximum absolute atomic E-state index is 12.7. The van der Waals surface area contributed by atoms with Crippen molar-refractivity contribution in [2.75, 3.05) is 46.9 Å². The second-order valence-electron chi connectivity index (χ2n) is 6.95. The van der Waals surface area contributed by atoms with Crippen LogP contribution < -0.4 is 4.74 Å². The quantitative estimate of drug-likeness (QED) is 0.823. The highest BCUT2D eigenvalue weighted by molar-refractivity contribution is 5.87. The zero-order valence-corrected chi connectivity index (χ0v) is 15.1. The predicted octanol–water partition coefficient (Wildman–Crippen LogP) is 1.21. The fourth-order valence-corrected chi connectivity index (χ4v) is 3.53. The summed E-state index contributed by atoms with van der Waals surface area (Å²) in [6, 6.07) is 8.12. The second-order valence-corrected chi connectivity index (χ2v) is 6.95. The largest absolute Gasteiger partial charge is 0.497 e. The number of likely N-dealkylation sites (tertiary alicyclic amines) is 1. The molecule has 0 saturated carbocycles. The van der Waals surface area contributed by atoms with E-state index in [0.29, 0.717) is 13.0 Å². The van der Waals surface area contributed by atoms with Crippen molar-refractivity contribution in [1.29, 1.82) is 0 Å². The lowest BCUT2D eigenvalue weighted by Gasteiger charge is -2.38. The van der Waals surface area contributed by atoms with Crippen LogP contribution in [0.1, 0.15) is 18.4 Å². The maximum atomic E-state index is 12.7. The zero-order valence-electron chi connectivity index (χ0n) is 15.1. The van der Waals surface area contributed by atoms with Gasteiger partial charge in [-0.05, 0) is 24.1 Å². The lowest BCUT2D eigenvalue weighted by atomic mass is 9.94. The Balaban J connectivity index is 1.48. The lowest BCUT2D eigenvalue weighted by molar-refractivity contribution is -0.145. The molecule has 0 N–H and O–H groups in total. The number of hydrogen-bond acceptors (Lipinski definition) is 4. The van der Waals surface area contributed by atoms with E-state index in [4.69, 9.17) is 4.74 Å². The molecule has 2 aliphatic rings. The van der Waals surface area contributed by atoms with Crippen molar-refractivity contribution >= 4 is 11.8 Å². The highest BCUT2D eigenvalue weighted by Crippen LogP contribution is 2.21. The summed E-state index contributed by atoms with van der Waals surface area (Å²) in [6.07, 6.45) is 1.15. The standard InChI is InChI=1S/C19H27N3O3/c1-20-8-7-16(13-18(20)23)19(24)22-11-9-21(10-12-22)14-15-3-5-17(25-2)6-4-15/h3-6,16H,7-14H2,1-2H3. The summed E-state index contributed by atoms with van der Waals surface area (Å²) < 4.78 is 5.19. The number of rotatable bonds is 4. The third-order valence-corrected chi connectivity index (χ3v) is 5.26. The number of carbonyl (C=O) groups is 2. The van der Waals surface area contributed by atoms with Gasteiger partial charge in [0.05, 0.1) is 7.11 Å². The van der Waals surface area contributed by atoms with Gasteiger partial charge < -0.3 is 14.5 Å². The molecule has 136 valence electrons. The van der Waals surface area contributed by atoms with Gasteiger partial charge in [-0.2, -0.15) is 0 Å². The van der Waals surface area contributed by atoms with E-state index in [9.17, 15) is 9.59 Å². The molecule has 2 amide bonds. The van der Waals surface area contributed by atoms with E-state index in [0.717, 1.165) is 44.9 Å². The number of piperazine rings is 1. The number of ether oxygens (including phenoxy) is 1. The van der Waals surface area contributed by atoms with Crippen molar-refractivity contribution in [2.24, 2.45) is 5.92 Å². The van der Waals surface area contributed by atoms with E-state index in [2.05, 4.69) is 17.0 Å². The number of amides is 2. The van der Waals surface area contributed by atoms with Crippen LogP contribution in [0, 0.1) is 5.92 Å². The number of nitrogens with zero attached hydrogens (tertiary/aromatic N) is 3. The molecule has 3 rings (SSSR count). The highest BCUT2D eigenvalue weighted by Gasteiger charge is 2.32. The Bertz CT molecular complexity index is 609. The molecular formula is C19H27N3O3. The molecule has 25 heavy (non-hydrogen) atoms. The molecule has 1 aromatic rings. The summed E-state index contributed by atoms with van der Waals surface area (Å²) in [4.78, 5) is 30.5. The third-order valence-electron chi connectivity index (χ3n) is 5.26. The van der Waals surface area contributed by atoms with Crippen molar-refractivity contribution in [2.45, 2.75) is 19.4 Å². The summed E-state index contributed by atoms with van der Waals surface area (Å²) in [5.41, 5.74) is 1.25. The second kappa shape index (κ2) is 7.87. The van der Waals surface area contributed by atoms with Crippen molar-refractivity contribution < 1.29 is 14.3 Å². The monoisotopic (exact) mass is 345 g/mol. The fourth-order valence-electron chi connectivity index (χ4n) is 3.53. The molecule has 0 radical (unpaired) electrons. The molecule has 0 bridgehead atoms. The van der Waals surface area contributed by atoms with Crippen LogP contribution in [-0.2, 0) is 16.1 Å². The van der Waals surface area contributed by atoms with Crippen LogP contribution in [0.2, 0.25) is 0 Å². The summed E-state index contributed by atoms with van der Waals surface area (Å²) in [7, 11) is 3.48. The van der Waals surface area contributed by atoms with E-state index in [1.54, 1.807) is 19.1 Å². The smallest absolute Gasteiger partial charge is 0.226 e. The van der Waals surface area contributed by atoms with Crippen molar-refractivity contribution in [3.05, 3.63) is 29.8 Å². The van der Waals surface area contributed by atoms with Gasteiger partial charge in [-0.25, -0.2) is 0 Å². The van der Waals surface area contributed by atoms with Crippen LogP contribution >= 0.6 is 0 Å². The average Bonchev–Trinajstić information content (AvgIpc) is 2.65. The molecule has 2 saturated heterocycles. The zero-order chi connectivity index (χ0) is 17.8. The Morgan fingerprint density at radius 1 is 1.12 bits per heavy atom. The van der Waals surface area contributed by atoms with Crippen molar-refractivity contribution in [1.82, 2.24) is 14.7 Å². The van der Waals surface area contributed by atoms with E-state index >= 15 is 0 Å². The lowest BCUT2D eigenvalue weighted by Crippen LogP contribution is -2.51. The van der Waals surface area contributed by atoms with Gasteiger partial charge in [0.2, 0.25) is 11.8 Å².